The number of hydrogen-bond donors (Lipinski definition) is 1. The van der Waals surface area contributed by atoms with Crippen molar-refractivity contribution in [1.29, 1.82) is 0 Å². The molecule has 254 valence electrons. The molecule has 0 saturated heterocycles. The molecule has 3 heterocycles. The van der Waals surface area contributed by atoms with Crippen LogP contribution in [0.2, 0.25) is 0 Å². The highest BCUT2D eigenvalue weighted by Crippen LogP contribution is 2.30. The van der Waals surface area contributed by atoms with Gasteiger partial charge in [0.05, 0.1) is 5.69 Å². The number of fused-ring (bicyclic) bond motifs is 1. The third-order valence-corrected chi connectivity index (χ3v) is 9.66. The first-order valence-electron chi connectivity index (χ1n) is 17.6. The van der Waals surface area contributed by atoms with E-state index in [-0.39, 0.29) is 11.6 Å². The van der Waals surface area contributed by atoms with Crippen molar-refractivity contribution >= 4 is 11.4 Å². The van der Waals surface area contributed by atoms with E-state index >= 15 is 0 Å². The van der Waals surface area contributed by atoms with Gasteiger partial charge < -0.3 is 0 Å². The van der Waals surface area contributed by atoms with Gasteiger partial charge in [0.15, 0.2) is 5.82 Å². The van der Waals surface area contributed by atoms with Crippen LogP contribution in [0.25, 0.3) is 11.4 Å². The molecule has 1 fully saturated rings. The maximum Gasteiger partial charge on any atom is 0.439 e. The van der Waals surface area contributed by atoms with Gasteiger partial charge in [-0.2, -0.15) is 10.1 Å². The molecule has 0 spiro atoms. The van der Waals surface area contributed by atoms with Crippen molar-refractivity contribution in [2.75, 3.05) is 0 Å². The molecule has 2 aliphatic rings. The number of aromatic amines is 1. The summed E-state index contributed by atoms with van der Waals surface area (Å²) in [5, 5.41) is 8.62. The van der Waals surface area contributed by atoms with Gasteiger partial charge in [-0.15, -0.1) is 0 Å². The smallest absolute Gasteiger partial charge is 0.296 e. The van der Waals surface area contributed by atoms with Crippen LogP contribution >= 0.6 is 0 Å². The second-order valence-corrected chi connectivity index (χ2v) is 13.5. The van der Waals surface area contributed by atoms with Gasteiger partial charge in [-0.05, 0) is 62.0 Å². The fourth-order valence-corrected chi connectivity index (χ4v) is 6.20. The first-order valence-corrected chi connectivity index (χ1v) is 17.6. The maximum absolute atomic E-state index is 14.2. The minimum absolute atomic E-state index is 0.0498. The second-order valence-electron chi connectivity index (χ2n) is 13.5. The first kappa shape index (κ1) is 35.8. The Kier molecular flexibility index (Phi) is 12.7. The van der Waals surface area contributed by atoms with Crippen molar-refractivity contribution in [3.05, 3.63) is 98.0 Å². The Hall–Kier alpha value is -4.01. The zero-order valence-electron chi connectivity index (χ0n) is 29.4. The van der Waals surface area contributed by atoms with Crippen molar-refractivity contribution in [3.63, 3.8) is 0 Å². The fourth-order valence-electron chi connectivity index (χ4n) is 6.20. The highest BCUT2D eigenvalue weighted by molar-refractivity contribution is 5.76. The topological polar surface area (TPSA) is 111 Å². The van der Waals surface area contributed by atoms with E-state index in [2.05, 4.69) is 75.6 Å². The van der Waals surface area contributed by atoms with E-state index in [9.17, 15) is 9.59 Å². The summed E-state index contributed by atoms with van der Waals surface area (Å²) in [6.07, 6.45) is 24.8. The Labute approximate surface area is 279 Å². The van der Waals surface area contributed by atoms with E-state index in [0.29, 0.717) is 35.7 Å². The van der Waals surface area contributed by atoms with Gasteiger partial charge in [-0.3, -0.25) is 18.9 Å². The molecule has 3 aromatic heterocycles. The Morgan fingerprint density at radius 1 is 1.11 bits per heavy atom. The van der Waals surface area contributed by atoms with E-state index in [1.807, 2.05) is 22.1 Å². The van der Waals surface area contributed by atoms with Gasteiger partial charge in [0, 0.05) is 23.6 Å². The largest absolute Gasteiger partial charge is 0.439 e. The molecule has 9 nitrogen and oxygen atoms in total. The van der Waals surface area contributed by atoms with Gasteiger partial charge in [0.2, 0.25) is 5.78 Å². The summed E-state index contributed by atoms with van der Waals surface area (Å²) in [4.78, 5) is 33.1. The number of nitrogens with zero attached hydrogens (tertiary/aromatic N) is 5. The van der Waals surface area contributed by atoms with Gasteiger partial charge in [-0.25, -0.2) is 9.31 Å². The lowest BCUT2D eigenvalue weighted by Gasteiger charge is -2.26. The number of allylic oxidation sites excluding steroid dienone is 9. The minimum Gasteiger partial charge on any atom is -0.296 e. The van der Waals surface area contributed by atoms with E-state index < -0.39 is 5.76 Å². The summed E-state index contributed by atoms with van der Waals surface area (Å²) < 4.78 is 8.56. The summed E-state index contributed by atoms with van der Waals surface area (Å²) in [5.41, 5.74) is 5.31. The molecule has 3 aromatic rings. The van der Waals surface area contributed by atoms with Gasteiger partial charge >= 0.3 is 5.76 Å². The molecule has 0 aliphatic heterocycles. The van der Waals surface area contributed by atoms with Gasteiger partial charge in [0.25, 0.3) is 5.56 Å². The predicted octanol–water partition coefficient (Wildman–Crippen LogP) is 8.57. The molecular weight excluding hydrogens is 588 g/mol. The molecule has 2 aliphatic carbocycles. The number of aromatic nitrogens is 6. The number of H-pyrrole nitrogens is 1. The van der Waals surface area contributed by atoms with Crippen molar-refractivity contribution in [2.24, 2.45) is 5.41 Å². The molecule has 0 bridgehead atoms. The monoisotopic (exact) mass is 642 g/mol. The molecule has 9 heteroatoms. The Morgan fingerprint density at radius 2 is 1.83 bits per heavy atom. The van der Waals surface area contributed by atoms with Crippen LogP contribution in [0.4, 0.5) is 0 Å². The van der Waals surface area contributed by atoms with E-state index in [1.54, 1.807) is 6.08 Å². The SMILES string of the molecule is C=C/C=C(\C=C/CC1=CCCC=C1c1noc(=O)[nH]1)Cc1c(CCC)n2nc(C)nc2n(C2CCCCC2)c1=O.CCC(C)(C)CC. The number of nitrogens with one attached hydrogen (secondary N) is 1. The number of aryl methyl sites for hydroxylation is 2. The lowest BCUT2D eigenvalue weighted by Crippen LogP contribution is -2.33. The van der Waals surface area contributed by atoms with Gasteiger partial charge in [-0.1, -0.05) is 121 Å². The Bertz CT molecular complexity index is 1750. The molecular formula is C38H54N6O3. The predicted molar refractivity (Wildman–Crippen MR) is 191 cm³/mol. The molecule has 0 atom stereocenters. The highest BCUT2D eigenvalue weighted by Gasteiger charge is 2.25. The van der Waals surface area contributed by atoms with Crippen LogP contribution in [0.1, 0.15) is 134 Å². The molecule has 5 rings (SSSR count). The fraction of sp³-hybridized carbons (Fsp3) is 0.553. The zero-order valence-corrected chi connectivity index (χ0v) is 29.4. The van der Waals surface area contributed by atoms with Gasteiger partial charge in [0.1, 0.15) is 5.82 Å². The Balaban J connectivity index is 0.000000644. The quantitative estimate of drug-likeness (QED) is 0.198. The van der Waals surface area contributed by atoms with Crippen molar-refractivity contribution in [1.82, 2.24) is 29.3 Å². The molecule has 0 unspecified atom stereocenters. The molecule has 0 amide bonds. The minimum atomic E-state index is -0.561. The molecule has 1 N–H and O–H groups in total. The summed E-state index contributed by atoms with van der Waals surface area (Å²) >= 11 is 0. The van der Waals surface area contributed by atoms with Crippen LogP contribution in [-0.4, -0.2) is 29.3 Å². The third kappa shape index (κ3) is 9.08. The molecule has 0 aromatic carbocycles. The highest BCUT2D eigenvalue weighted by atomic mass is 16.5. The number of hydrogen-bond acceptors (Lipinski definition) is 6. The summed E-state index contributed by atoms with van der Waals surface area (Å²) in [5.74, 6) is 1.24. The normalized spacial score (nSPS) is 16.3. The summed E-state index contributed by atoms with van der Waals surface area (Å²) in [7, 11) is 0. The summed E-state index contributed by atoms with van der Waals surface area (Å²) in [6.45, 7) is 17.0. The molecule has 0 radical (unpaired) electrons. The second kappa shape index (κ2) is 16.7. The van der Waals surface area contributed by atoms with Crippen LogP contribution in [0, 0.1) is 12.3 Å². The standard InChI is InChI=1S/C31H38N6O3.C7H16/c1-4-12-22(14-11-16-23-15-9-10-19-25(23)28-33-31(39)40-35-28)20-26-27(13-5-2)37-30(32-21(3)34-37)36(29(26)38)24-17-7-6-8-18-24;1-5-7(3,4)6-2/h4,11-12,14-15,19,24H,1,5-10,13,16-18,20H2,2-3H3,(H,33,35,39);5-6H2,1-4H3/b14-11-,22-12+;. The van der Waals surface area contributed by atoms with Crippen LogP contribution < -0.4 is 11.3 Å². The summed E-state index contributed by atoms with van der Waals surface area (Å²) in [6, 6.07) is 0.149. The van der Waals surface area contributed by atoms with Crippen LogP contribution in [0.3, 0.4) is 0 Å². The van der Waals surface area contributed by atoms with E-state index in [0.717, 1.165) is 79.3 Å². The van der Waals surface area contributed by atoms with E-state index in [4.69, 9.17) is 14.6 Å². The van der Waals surface area contributed by atoms with Crippen LogP contribution in [0.5, 0.6) is 0 Å². The molecule has 47 heavy (non-hydrogen) atoms. The first-order chi connectivity index (χ1) is 22.6. The van der Waals surface area contributed by atoms with Crippen LogP contribution in [-0.2, 0) is 12.8 Å². The van der Waals surface area contributed by atoms with Crippen LogP contribution in [0.15, 0.2) is 68.3 Å². The third-order valence-electron chi connectivity index (χ3n) is 9.66. The number of rotatable bonds is 12. The van der Waals surface area contributed by atoms with E-state index in [1.165, 1.54) is 19.3 Å². The maximum atomic E-state index is 14.2. The lowest BCUT2D eigenvalue weighted by molar-refractivity contribution is 0.338. The van der Waals surface area contributed by atoms with Crippen molar-refractivity contribution in [2.45, 2.75) is 131 Å². The van der Waals surface area contributed by atoms with Crippen molar-refractivity contribution in [3.8, 4) is 0 Å². The zero-order chi connectivity index (χ0) is 34.0. The lowest BCUT2D eigenvalue weighted by atomic mass is 9.88. The molecule has 1 saturated carbocycles. The Morgan fingerprint density at radius 3 is 2.45 bits per heavy atom. The average Bonchev–Trinajstić information content (AvgIpc) is 3.68. The van der Waals surface area contributed by atoms with Crippen molar-refractivity contribution < 1.29 is 4.52 Å². The average molecular weight is 643 g/mol.